The van der Waals surface area contributed by atoms with Crippen LogP contribution < -0.4 is 0 Å². The maximum atomic E-state index is 11.8. The summed E-state index contributed by atoms with van der Waals surface area (Å²) in [7, 11) is 0. The predicted octanol–water partition coefficient (Wildman–Crippen LogP) is 4.06. The molecule has 134 valence electrons. The summed E-state index contributed by atoms with van der Waals surface area (Å²) in [5.74, 6) is 5.41. The Morgan fingerprint density at radius 2 is 2.00 bits per heavy atom. The molecule has 3 unspecified atom stereocenters. The van der Waals surface area contributed by atoms with Crippen molar-refractivity contribution in [2.75, 3.05) is 0 Å². The molecule has 4 aliphatic carbocycles. The fourth-order valence-corrected chi connectivity index (χ4v) is 6.86. The largest absolute Gasteiger partial charge is 0.445 e. The second-order valence-corrected chi connectivity index (χ2v) is 8.86. The number of hydrogen-bond acceptors (Lipinski definition) is 3. The van der Waals surface area contributed by atoms with Crippen molar-refractivity contribution in [2.45, 2.75) is 70.8 Å². The van der Waals surface area contributed by atoms with Gasteiger partial charge in [0.25, 0.3) is 0 Å². The summed E-state index contributed by atoms with van der Waals surface area (Å²) in [5, 5.41) is 0. The molecule has 0 aromatic heterocycles. The van der Waals surface area contributed by atoms with E-state index >= 15 is 0 Å². The van der Waals surface area contributed by atoms with Crippen molar-refractivity contribution in [3.05, 3.63) is 11.6 Å². The molecule has 0 radical (unpaired) electrons. The topological polar surface area (TPSA) is 43.4 Å². The average Bonchev–Trinajstić information content (AvgIpc) is 2.87. The van der Waals surface area contributed by atoms with Gasteiger partial charge in [-0.3, -0.25) is 9.59 Å². The summed E-state index contributed by atoms with van der Waals surface area (Å²) in [4.78, 5) is 23.5. The zero-order valence-corrected chi connectivity index (χ0v) is 15.3. The van der Waals surface area contributed by atoms with Crippen molar-refractivity contribution >= 4 is 11.8 Å². The SMILES string of the molecule is C#C[C@@]1(OC(C)=O)CCC2[C@@H]3CCC4=CC(=O)CCC4C3CC[C@@]21C. The van der Waals surface area contributed by atoms with Gasteiger partial charge in [0.2, 0.25) is 0 Å². The number of ether oxygens (including phenoxy) is 1. The fraction of sp³-hybridized carbons (Fsp3) is 0.727. The maximum Gasteiger partial charge on any atom is 0.304 e. The number of ketones is 1. The van der Waals surface area contributed by atoms with Gasteiger partial charge in [-0.05, 0) is 74.7 Å². The lowest BCUT2D eigenvalue weighted by atomic mass is 9.50. The number of carbonyl (C=O) groups excluding carboxylic acids is 2. The first-order valence-electron chi connectivity index (χ1n) is 9.81. The predicted molar refractivity (Wildman–Crippen MR) is 95.4 cm³/mol. The van der Waals surface area contributed by atoms with Gasteiger partial charge in [-0.15, -0.1) is 6.42 Å². The Hall–Kier alpha value is -1.56. The summed E-state index contributed by atoms with van der Waals surface area (Å²) in [6, 6.07) is 0. The van der Waals surface area contributed by atoms with Gasteiger partial charge in [-0.2, -0.15) is 0 Å². The monoisotopic (exact) mass is 340 g/mol. The van der Waals surface area contributed by atoms with Crippen LogP contribution in [0.25, 0.3) is 0 Å². The minimum Gasteiger partial charge on any atom is -0.445 e. The molecule has 4 aliphatic rings. The highest BCUT2D eigenvalue weighted by Crippen LogP contribution is 2.65. The van der Waals surface area contributed by atoms with E-state index in [1.54, 1.807) is 0 Å². The molecule has 0 aromatic carbocycles. The highest BCUT2D eigenvalue weighted by atomic mass is 16.6. The van der Waals surface area contributed by atoms with Gasteiger partial charge in [0.05, 0.1) is 0 Å². The zero-order valence-electron chi connectivity index (χ0n) is 15.3. The summed E-state index contributed by atoms with van der Waals surface area (Å²) in [6.07, 6.45) is 15.8. The Balaban J connectivity index is 1.64. The van der Waals surface area contributed by atoms with Crippen LogP contribution in [0.2, 0.25) is 0 Å². The van der Waals surface area contributed by atoms with Gasteiger partial charge in [-0.1, -0.05) is 18.4 Å². The third kappa shape index (κ3) is 2.33. The Morgan fingerprint density at radius 1 is 1.20 bits per heavy atom. The van der Waals surface area contributed by atoms with Crippen LogP contribution in [0.15, 0.2) is 11.6 Å². The van der Waals surface area contributed by atoms with Crippen molar-refractivity contribution in [1.82, 2.24) is 0 Å². The third-order valence-corrected chi connectivity index (χ3v) is 7.97. The molecular formula is C22H28O3. The zero-order chi connectivity index (χ0) is 17.8. The molecule has 3 nitrogen and oxygen atoms in total. The van der Waals surface area contributed by atoms with Crippen molar-refractivity contribution in [3.8, 4) is 12.3 Å². The molecule has 0 bridgehead atoms. The molecule has 0 spiro atoms. The first-order chi connectivity index (χ1) is 11.9. The van der Waals surface area contributed by atoms with Crippen LogP contribution in [-0.4, -0.2) is 17.4 Å². The summed E-state index contributed by atoms with van der Waals surface area (Å²) < 4.78 is 5.79. The van der Waals surface area contributed by atoms with Crippen LogP contribution in [-0.2, 0) is 14.3 Å². The van der Waals surface area contributed by atoms with Crippen molar-refractivity contribution in [3.63, 3.8) is 0 Å². The van der Waals surface area contributed by atoms with Gasteiger partial charge in [0, 0.05) is 18.8 Å². The van der Waals surface area contributed by atoms with E-state index < -0.39 is 5.60 Å². The molecule has 0 amide bonds. The molecule has 0 N–H and O–H groups in total. The van der Waals surface area contributed by atoms with E-state index in [9.17, 15) is 9.59 Å². The second kappa shape index (κ2) is 5.73. The number of hydrogen-bond donors (Lipinski definition) is 0. The van der Waals surface area contributed by atoms with Crippen molar-refractivity contribution in [2.24, 2.45) is 29.1 Å². The Kier molecular flexibility index (Phi) is 3.87. The first-order valence-corrected chi connectivity index (χ1v) is 9.81. The quantitative estimate of drug-likeness (QED) is 0.534. The average molecular weight is 340 g/mol. The van der Waals surface area contributed by atoms with Crippen LogP contribution in [0.4, 0.5) is 0 Å². The van der Waals surface area contributed by atoms with Crippen molar-refractivity contribution < 1.29 is 14.3 Å². The standard InChI is InChI=1S/C22H28O3/c1-4-22(25-14(2)23)12-10-20-19-7-5-15-13-16(24)6-8-17(15)18(19)9-11-21(20,22)3/h1,13,17-20H,5-12H2,2-3H3/t17?,18?,19-,20?,21+,22-/m1/s1. The minimum absolute atomic E-state index is 0.111. The van der Waals surface area contributed by atoms with Crippen molar-refractivity contribution in [1.29, 1.82) is 0 Å². The van der Waals surface area contributed by atoms with Gasteiger partial charge >= 0.3 is 5.97 Å². The molecule has 0 aliphatic heterocycles. The molecule has 3 saturated carbocycles. The molecular weight excluding hydrogens is 312 g/mol. The second-order valence-electron chi connectivity index (χ2n) is 8.86. The van der Waals surface area contributed by atoms with Gasteiger partial charge < -0.3 is 4.74 Å². The number of terminal acetylenes is 1. The Labute approximate surface area is 150 Å². The molecule has 0 heterocycles. The number of fused-ring (bicyclic) bond motifs is 5. The summed E-state index contributed by atoms with van der Waals surface area (Å²) in [6.45, 7) is 3.73. The molecule has 4 rings (SSSR count). The minimum atomic E-state index is -0.729. The lowest BCUT2D eigenvalue weighted by Gasteiger charge is -2.55. The van der Waals surface area contributed by atoms with E-state index in [1.807, 2.05) is 6.08 Å². The van der Waals surface area contributed by atoms with Crippen LogP contribution in [0, 0.1) is 41.4 Å². The highest BCUT2D eigenvalue weighted by molar-refractivity contribution is 5.91. The van der Waals surface area contributed by atoms with Crippen LogP contribution >= 0.6 is 0 Å². The molecule has 3 fully saturated rings. The lowest BCUT2D eigenvalue weighted by molar-refractivity contribution is -0.167. The van der Waals surface area contributed by atoms with E-state index in [1.165, 1.54) is 12.5 Å². The maximum absolute atomic E-state index is 11.8. The van der Waals surface area contributed by atoms with E-state index in [0.29, 0.717) is 35.9 Å². The van der Waals surface area contributed by atoms with Crippen LogP contribution in [0.1, 0.15) is 65.2 Å². The van der Waals surface area contributed by atoms with E-state index in [0.717, 1.165) is 44.9 Å². The van der Waals surface area contributed by atoms with Crippen LogP contribution in [0.3, 0.4) is 0 Å². The molecule has 0 saturated heterocycles. The van der Waals surface area contributed by atoms with Gasteiger partial charge in [0.1, 0.15) is 0 Å². The molecule has 3 heteroatoms. The smallest absolute Gasteiger partial charge is 0.304 e. The molecule has 25 heavy (non-hydrogen) atoms. The normalized spacial score (nSPS) is 45.5. The molecule has 6 atom stereocenters. The third-order valence-electron chi connectivity index (χ3n) is 7.97. The Morgan fingerprint density at radius 3 is 2.72 bits per heavy atom. The highest BCUT2D eigenvalue weighted by Gasteiger charge is 2.64. The summed E-state index contributed by atoms with van der Waals surface area (Å²) in [5.41, 5.74) is 0.565. The summed E-state index contributed by atoms with van der Waals surface area (Å²) >= 11 is 0. The van der Waals surface area contributed by atoms with E-state index in [4.69, 9.17) is 11.2 Å². The van der Waals surface area contributed by atoms with E-state index in [2.05, 4.69) is 12.8 Å². The van der Waals surface area contributed by atoms with E-state index in [-0.39, 0.29) is 11.4 Å². The number of carbonyl (C=O) groups is 2. The Bertz CT molecular complexity index is 684. The first kappa shape index (κ1) is 16.9. The fourth-order valence-electron chi connectivity index (χ4n) is 6.86. The lowest BCUT2D eigenvalue weighted by Crippen LogP contribution is -2.53. The number of allylic oxidation sites excluding steroid dienone is 1. The number of esters is 1. The van der Waals surface area contributed by atoms with Gasteiger partial charge in [-0.25, -0.2) is 0 Å². The van der Waals surface area contributed by atoms with Gasteiger partial charge in [0.15, 0.2) is 11.4 Å². The molecule has 0 aromatic rings. The van der Waals surface area contributed by atoms with Crippen LogP contribution in [0.5, 0.6) is 0 Å². The number of rotatable bonds is 1.